The fourth-order valence-corrected chi connectivity index (χ4v) is 2.97. The number of H-pyrrole nitrogens is 1. The number of hydrogen-bond donors (Lipinski definition) is 2. The summed E-state index contributed by atoms with van der Waals surface area (Å²) < 4.78 is 1.57. The molecule has 124 valence electrons. The zero-order chi connectivity index (χ0) is 16.7. The molecule has 8 heteroatoms. The third-order valence-electron chi connectivity index (χ3n) is 3.17. The van der Waals surface area contributed by atoms with E-state index in [4.69, 9.17) is 11.6 Å². The number of benzene rings is 1. The molecule has 0 aliphatic carbocycles. The molecule has 2 N–H and O–H groups in total. The SMILES string of the molecule is CCCCn1c(SCC(=O)NCc2cccc(Cl)c2)n[nH]c1=O. The van der Waals surface area contributed by atoms with Crippen molar-refractivity contribution in [3.8, 4) is 0 Å². The number of nitrogens with one attached hydrogen (secondary N) is 2. The summed E-state index contributed by atoms with van der Waals surface area (Å²) in [6.07, 6.45) is 1.88. The van der Waals surface area contributed by atoms with Crippen molar-refractivity contribution < 1.29 is 4.79 Å². The first-order chi connectivity index (χ1) is 11.1. The molecule has 0 unspecified atom stereocenters. The molecule has 0 bridgehead atoms. The van der Waals surface area contributed by atoms with Crippen molar-refractivity contribution >= 4 is 29.3 Å². The van der Waals surface area contributed by atoms with Crippen molar-refractivity contribution in [2.45, 2.75) is 38.0 Å². The Morgan fingerprint density at radius 1 is 1.48 bits per heavy atom. The summed E-state index contributed by atoms with van der Waals surface area (Å²) in [5.74, 6) is 0.0873. The van der Waals surface area contributed by atoms with Crippen molar-refractivity contribution in [1.82, 2.24) is 20.1 Å². The number of unbranched alkanes of at least 4 members (excludes halogenated alkanes) is 1. The number of aromatic amines is 1. The maximum Gasteiger partial charge on any atom is 0.343 e. The highest BCUT2D eigenvalue weighted by atomic mass is 35.5. The van der Waals surface area contributed by atoms with Crippen LogP contribution in [0.1, 0.15) is 25.3 Å². The van der Waals surface area contributed by atoms with E-state index in [0.717, 1.165) is 18.4 Å². The van der Waals surface area contributed by atoms with E-state index in [1.54, 1.807) is 10.6 Å². The quantitative estimate of drug-likeness (QED) is 0.713. The van der Waals surface area contributed by atoms with Gasteiger partial charge in [0.2, 0.25) is 5.91 Å². The van der Waals surface area contributed by atoms with Crippen LogP contribution in [0.2, 0.25) is 5.02 Å². The number of aromatic nitrogens is 3. The number of nitrogens with zero attached hydrogens (tertiary/aromatic N) is 2. The Morgan fingerprint density at radius 2 is 2.30 bits per heavy atom. The Balaban J connectivity index is 1.84. The highest BCUT2D eigenvalue weighted by Gasteiger charge is 2.11. The average molecular weight is 355 g/mol. The zero-order valence-electron chi connectivity index (χ0n) is 12.8. The van der Waals surface area contributed by atoms with Gasteiger partial charge in [-0.2, -0.15) is 0 Å². The molecule has 1 heterocycles. The Hall–Kier alpha value is -1.73. The van der Waals surface area contributed by atoms with E-state index in [9.17, 15) is 9.59 Å². The maximum absolute atomic E-state index is 11.9. The van der Waals surface area contributed by atoms with Gasteiger partial charge in [-0.05, 0) is 24.1 Å². The van der Waals surface area contributed by atoms with Gasteiger partial charge in [-0.25, -0.2) is 9.89 Å². The van der Waals surface area contributed by atoms with Crippen LogP contribution in [-0.2, 0) is 17.9 Å². The van der Waals surface area contributed by atoms with E-state index in [2.05, 4.69) is 22.4 Å². The first-order valence-corrected chi connectivity index (χ1v) is 8.75. The molecule has 0 atom stereocenters. The predicted octanol–water partition coefficient (Wildman–Crippen LogP) is 2.43. The lowest BCUT2D eigenvalue weighted by Gasteiger charge is -2.06. The summed E-state index contributed by atoms with van der Waals surface area (Å²) in [7, 11) is 0. The van der Waals surface area contributed by atoms with Crippen LogP contribution in [0.15, 0.2) is 34.2 Å². The normalized spacial score (nSPS) is 10.7. The molecule has 0 spiro atoms. The van der Waals surface area contributed by atoms with Crippen LogP contribution in [0.5, 0.6) is 0 Å². The molecule has 1 aromatic heterocycles. The van der Waals surface area contributed by atoms with E-state index in [0.29, 0.717) is 23.3 Å². The van der Waals surface area contributed by atoms with E-state index < -0.39 is 0 Å². The number of halogens is 1. The maximum atomic E-state index is 11.9. The van der Waals surface area contributed by atoms with Crippen LogP contribution in [0, 0.1) is 0 Å². The Kier molecular flexibility index (Phi) is 6.73. The smallest absolute Gasteiger partial charge is 0.343 e. The van der Waals surface area contributed by atoms with Gasteiger partial charge in [0.1, 0.15) is 0 Å². The van der Waals surface area contributed by atoms with Crippen LogP contribution in [-0.4, -0.2) is 26.4 Å². The standard InChI is InChI=1S/C15H19ClN4O2S/c1-2-3-7-20-14(22)18-19-15(20)23-10-13(21)17-9-11-5-4-6-12(16)8-11/h4-6,8H,2-3,7,9-10H2,1H3,(H,17,21)(H,18,22). The van der Waals surface area contributed by atoms with E-state index in [1.165, 1.54) is 11.8 Å². The van der Waals surface area contributed by atoms with E-state index >= 15 is 0 Å². The van der Waals surface area contributed by atoms with Gasteiger partial charge in [0, 0.05) is 18.1 Å². The molecule has 0 saturated heterocycles. The molecule has 1 aromatic carbocycles. The molecular formula is C15H19ClN4O2S. The van der Waals surface area contributed by atoms with Gasteiger partial charge in [0.25, 0.3) is 0 Å². The molecule has 0 aliphatic rings. The second-order valence-electron chi connectivity index (χ2n) is 5.01. The third kappa shape index (κ3) is 5.44. The van der Waals surface area contributed by atoms with Crippen LogP contribution in [0.25, 0.3) is 0 Å². The molecule has 6 nitrogen and oxygen atoms in total. The van der Waals surface area contributed by atoms with Gasteiger partial charge < -0.3 is 5.32 Å². The van der Waals surface area contributed by atoms with Crippen molar-refractivity contribution in [2.75, 3.05) is 5.75 Å². The van der Waals surface area contributed by atoms with Crippen LogP contribution >= 0.6 is 23.4 Å². The second kappa shape index (κ2) is 8.79. The Bertz CT molecular complexity index is 713. The van der Waals surface area contributed by atoms with Gasteiger partial charge in [-0.15, -0.1) is 5.10 Å². The Morgan fingerprint density at radius 3 is 3.04 bits per heavy atom. The Labute approximate surface area is 143 Å². The molecule has 0 fully saturated rings. The summed E-state index contributed by atoms with van der Waals surface area (Å²) in [6, 6.07) is 7.34. The van der Waals surface area contributed by atoms with Crippen LogP contribution in [0.3, 0.4) is 0 Å². The lowest BCUT2D eigenvalue weighted by Crippen LogP contribution is -2.25. The lowest BCUT2D eigenvalue weighted by molar-refractivity contribution is -0.118. The fraction of sp³-hybridized carbons (Fsp3) is 0.400. The molecule has 1 amide bonds. The number of hydrogen-bond acceptors (Lipinski definition) is 4. The van der Waals surface area contributed by atoms with Crippen molar-refractivity contribution in [1.29, 1.82) is 0 Å². The molecule has 0 radical (unpaired) electrons. The van der Waals surface area contributed by atoms with Gasteiger partial charge in [-0.3, -0.25) is 9.36 Å². The minimum absolute atomic E-state index is 0.118. The van der Waals surface area contributed by atoms with E-state index in [-0.39, 0.29) is 17.3 Å². The molecule has 0 aliphatic heterocycles. The van der Waals surface area contributed by atoms with Crippen molar-refractivity contribution in [2.24, 2.45) is 0 Å². The topological polar surface area (TPSA) is 79.8 Å². The average Bonchev–Trinajstić information content (AvgIpc) is 2.89. The molecule has 2 aromatic rings. The zero-order valence-corrected chi connectivity index (χ0v) is 14.4. The van der Waals surface area contributed by atoms with Crippen molar-refractivity contribution in [3.05, 3.63) is 45.3 Å². The van der Waals surface area contributed by atoms with E-state index in [1.807, 2.05) is 18.2 Å². The number of thioether (sulfide) groups is 1. The monoisotopic (exact) mass is 354 g/mol. The highest BCUT2D eigenvalue weighted by Crippen LogP contribution is 2.14. The highest BCUT2D eigenvalue weighted by molar-refractivity contribution is 7.99. The molecule has 0 saturated carbocycles. The number of carbonyl (C=O) groups is 1. The molecular weight excluding hydrogens is 336 g/mol. The van der Waals surface area contributed by atoms with Gasteiger partial charge in [0.15, 0.2) is 5.16 Å². The van der Waals surface area contributed by atoms with Crippen molar-refractivity contribution in [3.63, 3.8) is 0 Å². The lowest BCUT2D eigenvalue weighted by atomic mass is 10.2. The summed E-state index contributed by atoms with van der Waals surface area (Å²) in [5, 5.41) is 10.4. The summed E-state index contributed by atoms with van der Waals surface area (Å²) in [6.45, 7) is 3.09. The van der Waals surface area contributed by atoms with Crippen LogP contribution in [0.4, 0.5) is 0 Å². The second-order valence-corrected chi connectivity index (χ2v) is 6.39. The first kappa shape index (κ1) is 17.6. The minimum Gasteiger partial charge on any atom is -0.351 e. The fourth-order valence-electron chi connectivity index (χ4n) is 1.96. The third-order valence-corrected chi connectivity index (χ3v) is 4.38. The predicted molar refractivity (Wildman–Crippen MR) is 91.8 cm³/mol. The summed E-state index contributed by atoms with van der Waals surface area (Å²) in [5.41, 5.74) is 0.704. The van der Waals surface area contributed by atoms with Crippen LogP contribution < -0.4 is 11.0 Å². The minimum atomic E-state index is -0.236. The molecule has 23 heavy (non-hydrogen) atoms. The van der Waals surface area contributed by atoms with Gasteiger partial charge >= 0.3 is 5.69 Å². The summed E-state index contributed by atoms with van der Waals surface area (Å²) in [4.78, 5) is 23.6. The number of rotatable bonds is 8. The van der Waals surface area contributed by atoms with Gasteiger partial charge in [-0.1, -0.05) is 48.8 Å². The number of carbonyl (C=O) groups excluding carboxylic acids is 1. The largest absolute Gasteiger partial charge is 0.351 e. The first-order valence-electron chi connectivity index (χ1n) is 7.39. The summed E-state index contributed by atoms with van der Waals surface area (Å²) >= 11 is 7.15. The number of amides is 1. The van der Waals surface area contributed by atoms with Gasteiger partial charge in [0.05, 0.1) is 5.75 Å². The molecule has 2 rings (SSSR count).